The molecule has 0 fully saturated rings. The minimum atomic E-state index is -3.96. The average molecular weight is 305 g/mol. The number of benzene rings is 2. The van der Waals surface area contributed by atoms with Gasteiger partial charge in [0.05, 0.1) is 4.90 Å². The fourth-order valence-electron chi connectivity index (χ4n) is 1.51. The summed E-state index contributed by atoms with van der Waals surface area (Å²) in [6.45, 7) is 0. The molecule has 0 unspecified atom stereocenters. The van der Waals surface area contributed by atoms with Crippen LogP contribution in [-0.2, 0) is 9.05 Å². The Morgan fingerprint density at radius 2 is 1.56 bits per heavy atom. The summed E-state index contributed by atoms with van der Waals surface area (Å²) in [5.74, 6) is -0.665. The molecule has 2 aromatic rings. The molecule has 6 heteroatoms. The molecule has 0 bridgehead atoms. The maximum atomic E-state index is 13.4. The molecule has 0 N–H and O–H groups in total. The molecule has 2 aromatic carbocycles. The van der Waals surface area contributed by atoms with Gasteiger partial charge in [-0.2, -0.15) is 0 Å². The topological polar surface area (TPSA) is 34.1 Å². The fraction of sp³-hybridized carbons (Fsp3) is 0. The first-order valence-corrected chi connectivity index (χ1v) is 7.56. The highest BCUT2D eigenvalue weighted by Gasteiger charge is 2.13. The lowest BCUT2D eigenvalue weighted by Crippen LogP contribution is -1.93. The molecule has 0 heterocycles. The van der Waals surface area contributed by atoms with Crippen LogP contribution in [0.15, 0.2) is 47.4 Å². The summed E-state index contributed by atoms with van der Waals surface area (Å²) in [4.78, 5) is -0.269. The molecule has 18 heavy (non-hydrogen) atoms. The Labute approximate surface area is 113 Å². The van der Waals surface area contributed by atoms with Crippen LogP contribution in [-0.4, -0.2) is 8.42 Å². The third-order valence-corrected chi connectivity index (χ3v) is 3.92. The Balaban J connectivity index is 2.59. The Morgan fingerprint density at radius 1 is 0.944 bits per heavy atom. The average Bonchev–Trinajstić information content (AvgIpc) is 2.28. The normalized spacial score (nSPS) is 11.5. The van der Waals surface area contributed by atoms with E-state index in [0.29, 0.717) is 16.1 Å². The molecule has 0 aliphatic heterocycles. The van der Waals surface area contributed by atoms with Crippen LogP contribution >= 0.6 is 22.3 Å². The highest BCUT2D eigenvalue weighted by Crippen LogP contribution is 2.26. The van der Waals surface area contributed by atoms with Gasteiger partial charge in [0.1, 0.15) is 5.82 Å². The van der Waals surface area contributed by atoms with Gasteiger partial charge in [0.15, 0.2) is 0 Å². The second-order valence-corrected chi connectivity index (χ2v) is 6.62. The molecule has 0 aromatic heterocycles. The van der Waals surface area contributed by atoms with Gasteiger partial charge in [-0.25, -0.2) is 12.8 Å². The van der Waals surface area contributed by atoms with Gasteiger partial charge in [-0.05, 0) is 41.5 Å². The second kappa shape index (κ2) is 4.88. The van der Waals surface area contributed by atoms with E-state index < -0.39 is 14.9 Å². The van der Waals surface area contributed by atoms with Crippen LogP contribution in [0, 0.1) is 5.82 Å². The molecule has 0 saturated carbocycles. The first-order valence-electron chi connectivity index (χ1n) is 4.87. The first-order chi connectivity index (χ1) is 8.36. The molecule has 0 aliphatic rings. The minimum absolute atomic E-state index is 0.269. The summed E-state index contributed by atoms with van der Waals surface area (Å²) in [5, 5.41) is 0.542. The summed E-state index contributed by atoms with van der Waals surface area (Å²) in [6, 6.07) is 10.0. The molecule has 0 saturated heterocycles. The van der Waals surface area contributed by atoms with Crippen LogP contribution in [0.2, 0.25) is 5.02 Å². The van der Waals surface area contributed by atoms with Gasteiger partial charge >= 0.3 is 0 Å². The maximum Gasteiger partial charge on any atom is 0.261 e. The van der Waals surface area contributed by atoms with Crippen LogP contribution in [0.1, 0.15) is 0 Å². The largest absolute Gasteiger partial charge is 0.261 e. The quantitative estimate of drug-likeness (QED) is 0.784. The molecule has 0 amide bonds. The lowest BCUT2D eigenvalue weighted by atomic mass is 10.1. The Bertz CT molecular complexity index is 682. The molecular weight excluding hydrogens is 298 g/mol. The Hall–Kier alpha value is -1.10. The molecule has 0 aliphatic carbocycles. The summed E-state index contributed by atoms with van der Waals surface area (Å²) in [7, 11) is 1.24. The van der Waals surface area contributed by atoms with Gasteiger partial charge in [-0.3, -0.25) is 0 Å². The number of rotatable bonds is 2. The third kappa shape index (κ3) is 3.02. The predicted molar refractivity (Wildman–Crippen MR) is 69.9 cm³/mol. The van der Waals surface area contributed by atoms with Crippen molar-refractivity contribution in [2.45, 2.75) is 4.90 Å². The molecule has 2 rings (SSSR count). The van der Waals surface area contributed by atoms with E-state index in [1.807, 2.05) is 0 Å². The van der Waals surface area contributed by atoms with Crippen LogP contribution in [0.4, 0.5) is 4.39 Å². The van der Waals surface area contributed by atoms with Crippen molar-refractivity contribution in [3.05, 3.63) is 53.3 Å². The Morgan fingerprint density at radius 3 is 2.11 bits per heavy atom. The van der Waals surface area contributed by atoms with Crippen molar-refractivity contribution in [3.8, 4) is 11.1 Å². The van der Waals surface area contributed by atoms with E-state index in [-0.39, 0.29) is 4.90 Å². The molecule has 94 valence electrons. The highest BCUT2D eigenvalue weighted by atomic mass is 35.7. The molecule has 0 atom stereocenters. The van der Waals surface area contributed by atoms with Crippen molar-refractivity contribution >= 4 is 31.3 Å². The summed E-state index contributed by atoms with van der Waals surface area (Å²) in [5.41, 5.74) is 1.08. The van der Waals surface area contributed by atoms with E-state index in [1.165, 1.54) is 12.1 Å². The number of hydrogen-bond acceptors (Lipinski definition) is 2. The fourth-order valence-corrected chi connectivity index (χ4v) is 2.43. The zero-order valence-corrected chi connectivity index (χ0v) is 11.2. The minimum Gasteiger partial charge on any atom is -0.207 e. The lowest BCUT2D eigenvalue weighted by Gasteiger charge is -2.04. The molecule has 0 radical (unpaired) electrons. The predicted octanol–water partition coefficient (Wildman–Crippen LogP) is 4.07. The monoisotopic (exact) mass is 304 g/mol. The van der Waals surface area contributed by atoms with Gasteiger partial charge in [0.2, 0.25) is 0 Å². The lowest BCUT2D eigenvalue weighted by molar-refractivity contribution is 0.602. The van der Waals surface area contributed by atoms with E-state index in [9.17, 15) is 12.8 Å². The summed E-state index contributed by atoms with van der Waals surface area (Å²) >= 11 is 5.74. The number of hydrogen-bond donors (Lipinski definition) is 0. The zero-order valence-electron chi connectivity index (χ0n) is 8.90. The van der Waals surface area contributed by atoms with Gasteiger partial charge in [-0.1, -0.05) is 23.7 Å². The van der Waals surface area contributed by atoms with Crippen LogP contribution < -0.4 is 0 Å². The van der Waals surface area contributed by atoms with E-state index in [0.717, 1.165) is 6.07 Å². The van der Waals surface area contributed by atoms with Gasteiger partial charge in [0.25, 0.3) is 9.05 Å². The van der Waals surface area contributed by atoms with Crippen molar-refractivity contribution in [3.63, 3.8) is 0 Å². The van der Waals surface area contributed by atoms with Gasteiger partial charge < -0.3 is 0 Å². The third-order valence-electron chi connectivity index (χ3n) is 2.33. The van der Waals surface area contributed by atoms with Crippen LogP contribution in [0.5, 0.6) is 0 Å². The smallest absolute Gasteiger partial charge is 0.207 e. The van der Waals surface area contributed by atoms with E-state index in [1.54, 1.807) is 24.3 Å². The maximum absolute atomic E-state index is 13.4. The molecular formula is C12H7Cl2FO2S. The summed E-state index contributed by atoms with van der Waals surface area (Å²) in [6.07, 6.45) is 0. The van der Waals surface area contributed by atoms with Crippen molar-refractivity contribution in [2.75, 3.05) is 0 Å². The van der Waals surface area contributed by atoms with E-state index in [2.05, 4.69) is 0 Å². The number of halogens is 3. The van der Waals surface area contributed by atoms with Crippen LogP contribution in [0.25, 0.3) is 11.1 Å². The van der Waals surface area contributed by atoms with Crippen molar-refractivity contribution in [2.24, 2.45) is 0 Å². The van der Waals surface area contributed by atoms with E-state index >= 15 is 0 Å². The first kappa shape index (κ1) is 13.3. The van der Waals surface area contributed by atoms with Crippen molar-refractivity contribution in [1.82, 2.24) is 0 Å². The SMILES string of the molecule is O=S(=O)(Cl)c1cc(F)cc(-c2ccc(Cl)cc2)c1. The van der Waals surface area contributed by atoms with Gasteiger partial charge in [0, 0.05) is 15.7 Å². The zero-order chi connectivity index (χ0) is 13.3. The van der Waals surface area contributed by atoms with Crippen molar-refractivity contribution < 1.29 is 12.8 Å². The highest BCUT2D eigenvalue weighted by molar-refractivity contribution is 8.13. The molecule has 0 spiro atoms. The second-order valence-electron chi connectivity index (χ2n) is 3.62. The molecule has 2 nitrogen and oxygen atoms in total. The van der Waals surface area contributed by atoms with Crippen LogP contribution in [0.3, 0.4) is 0 Å². The summed E-state index contributed by atoms with van der Waals surface area (Å²) < 4.78 is 35.8. The van der Waals surface area contributed by atoms with E-state index in [4.69, 9.17) is 22.3 Å². The van der Waals surface area contributed by atoms with Gasteiger partial charge in [-0.15, -0.1) is 0 Å². The standard InChI is InChI=1S/C12H7Cl2FO2S/c13-10-3-1-8(2-4-10)9-5-11(15)7-12(6-9)18(14,16)17/h1-7H. The Kier molecular flexibility index (Phi) is 3.61. The van der Waals surface area contributed by atoms with Crippen molar-refractivity contribution in [1.29, 1.82) is 0 Å².